The molecule has 0 fully saturated rings. The summed E-state index contributed by atoms with van der Waals surface area (Å²) in [4.78, 5) is 41.2. The molecule has 0 aromatic rings. The smallest absolute Gasteiger partial charge is 0.724 e. The third kappa shape index (κ3) is 3720. The first kappa shape index (κ1) is 44.3. The van der Waals surface area contributed by atoms with E-state index in [1.807, 2.05) is 0 Å². The molecule has 17 heavy (non-hydrogen) atoms. The summed E-state index contributed by atoms with van der Waals surface area (Å²) < 4.78 is 0. The second-order valence-electron chi connectivity index (χ2n) is 0.456. The minimum absolute atomic E-state index is 0. The van der Waals surface area contributed by atoms with Gasteiger partial charge < -0.3 is 27.0 Å². The van der Waals surface area contributed by atoms with Gasteiger partial charge in [0, 0.05) is 0 Å². The Labute approximate surface area is 150 Å². The van der Waals surface area contributed by atoms with Gasteiger partial charge in [-0.25, -0.2) is 0 Å². The standard InChI is InChI=1S/5CNO.K.Ru/c5*2-1-3;;/q5*-1;+1;+4. The Morgan fingerprint density at radius 2 is 0.471 bits per heavy atom. The molecule has 0 aromatic heterocycles. The average molecular weight is 350 g/mol. The molecule has 0 spiro atoms. The van der Waals surface area contributed by atoms with Crippen LogP contribution < -0.4 is 51.4 Å². The van der Waals surface area contributed by atoms with Crippen LogP contribution in [0, 0.1) is 0 Å². The summed E-state index contributed by atoms with van der Waals surface area (Å²) in [6, 6.07) is 0. The fourth-order valence-corrected chi connectivity index (χ4v) is 0. The molecule has 0 amide bonds. The summed E-state index contributed by atoms with van der Waals surface area (Å²) in [6.45, 7) is 0. The third-order valence-electron chi connectivity index (χ3n) is 0. The van der Waals surface area contributed by atoms with Gasteiger partial charge in [-0.1, -0.05) is 0 Å². The van der Waals surface area contributed by atoms with Crippen molar-refractivity contribution in [1.82, 2.24) is 0 Å². The maximum absolute atomic E-state index is 8.24. The fourth-order valence-electron chi connectivity index (χ4n) is 0. The number of isocyanates is 5. The first-order valence-electron chi connectivity index (χ1n) is 2.14. The summed E-state index contributed by atoms with van der Waals surface area (Å²) in [5.41, 5.74) is 0. The minimum Gasteiger partial charge on any atom is -0.724 e. The molecule has 0 aliphatic carbocycles. The van der Waals surface area contributed by atoms with Gasteiger partial charge >= 0.3 is 70.9 Å². The van der Waals surface area contributed by atoms with Crippen molar-refractivity contribution < 1.29 is 94.8 Å². The van der Waals surface area contributed by atoms with E-state index in [-0.39, 0.29) is 70.9 Å². The number of carbonyl (C=O) groups excluding carboxylic acids is 5. The zero-order valence-corrected chi connectivity index (χ0v) is 13.0. The van der Waals surface area contributed by atoms with Crippen LogP contribution in [0.25, 0.3) is 27.0 Å². The quantitative estimate of drug-likeness (QED) is 0.247. The Morgan fingerprint density at radius 3 is 0.471 bits per heavy atom. The Bertz CT molecular complexity index is 209. The van der Waals surface area contributed by atoms with E-state index in [0.29, 0.717) is 30.4 Å². The van der Waals surface area contributed by atoms with Crippen LogP contribution in [0.4, 0.5) is 0 Å². The van der Waals surface area contributed by atoms with Gasteiger partial charge in [-0.2, -0.15) is 0 Å². The number of hydrogen-bond donors (Lipinski definition) is 0. The maximum atomic E-state index is 8.24. The molecule has 0 saturated carbocycles. The zero-order valence-electron chi connectivity index (χ0n) is 8.13. The van der Waals surface area contributed by atoms with E-state index < -0.39 is 0 Å². The van der Waals surface area contributed by atoms with Crippen LogP contribution in [0.2, 0.25) is 0 Å². The summed E-state index contributed by atoms with van der Waals surface area (Å²) in [6.07, 6.45) is 2.50. The van der Waals surface area contributed by atoms with Crippen LogP contribution in [0.5, 0.6) is 0 Å². The molecule has 0 radical (unpaired) electrons. The Morgan fingerprint density at radius 1 is 0.471 bits per heavy atom. The third-order valence-corrected chi connectivity index (χ3v) is 0. The summed E-state index contributed by atoms with van der Waals surface area (Å²) in [5.74, 6) is 0. The largest absolute Gasteiger partial charge is 4.00 e. The van der Waals surface area contributed by atoms with Crippen molar-refractivity contribution in [3.8, 4) is 0 Å². The van der Waals surface area contributed by atoms with Crippen LogP contribution in [0.3, 0.4) is 0 Å². The second-order valence-corrected chi connectivity index (χ2v) is 0.456. The van der Waals surface area contributed by atoms with Gasteiger partial charge in [-0.05, 0) is 30.4 Å². The second kappa shape index (κ2) is 176. The topological polar surface area (TPSA) is 197 Å². The van der Waals surface area contributed by atoms with Gasteiger partial charge in [0.1, 0.15) is 0 Å². The molecule has 0 saturated heterocycles. The van der Waals surface area contributed by atoms with Crippen LogP contribution in [-0.4, -0.2) is 30.4 Å². The van der Waals surface area contributed by atoms with Gasteiger partial charge in [-0.15, -0.1) is 0 Å². The van der Waals surface area contributed by atoms with Gasteiger partial charge in [0.15, 0.2) is 0 Å². The van der Waals surface area contributed by atoms with Gasteiger partial charge in [-0.3, -0.25) is 24.0 Å². The molecule has 0 aliphatic rings. The SMILES string of the molecule is [K+].[N-]=C=O.[N-]=C=O.[N-]=C=O.[N-]=C=O.[N-]=C=O.[Ru+4]. The van der Waals surface area contributed by atoms with Gasteiger partial charge in [0.2, 0.25) is 0 Å². The molecule has 84 valence electrons. The van der Waals surface area contributed by atoms with Crippen molar-refractivity contribution in [3.63, 3.8) is 0 Å². The molecule has 0 rings (SSSR count). The Balaban J connectivity index is -0.0000000143. The van der Waals surface area contributed by atoms with E-state index in [0.717, 1.165) is 0 Å². The van der Waals surface area contributed by atoms with Crippen molar-refractivity contribution >= 4 is 30.4 Å². The van der Waals surface area contributed by atoms with Gasteiger partial charge in [0.05, 0.1) is 0 Å². The fraction of sp³-hybridized carbons (Fsp3) is 0. The molecule has 0 unspecified atom stereocenters. The molecule has 10 nitrogen and oxygen atoms in total. The van der Waals surface area contributed by atoms with Crippen LogP contribution in [-0.2, 0) is 43.5 Å². The Hall–Kier alpha value is -0.840. The number of nitrogens with zero attached hydrogens (tertiary/aromatic N) is 5. The van der Waals surface area contributed by atoms with Crippen LogP contribution in [0.15, 0.2) is 0 Å². The van der Waals surface area contributed by atoms with Crippen LogP contribution in [0.1, 0.15) is 0 Å². The van der Waals surface area contributed by atoms with E-state index in [4.69, 9.17) is 51.0 Å². The van der Waals surface area contributed by atoms with Crippen molar-refractivity contribution in [3.05, 3.63) is 27.0 Å². The number of hydrogen-bond acceptors (Lipinski definition) is 5. The Kier molecular flexibility index (Phi) is 457. The molecular weight excluding hydrogens is 350 g/mol. The predicted molar refractivity (Wildman–Crippen MR) is 45.3 cm³/mol. The van der Waals surface area contributed by atoms with Crippen molar-refractivity contribution in [2.45, 2.75) is 0 Å². The summed E-state index contributed by atoms with van der Waals surface area (Å²) in [7, 11) is 0. The molecule has 0 aromatic carbocycles. The van der Waals surface area contributed by atoms with Crippen molar-refractivity contribution in [1.29, 1.82) is 0 Å². The first-order valence-corrected chi connectivity index (χ1v) is 2.14. The average Bonchev–Trinajstić information content (AvgIpc) is 2.09. The summed E-state index contributed by atoms with van der Waals surface area (Å²) >= 11 is 0. The summed E-state index contributed by atoms with van der Waals surface area (Å²) in [5, 5.41) is 33.8. The van der Waals surface area contributed by atoms with E-state index >= 15 is 0 Å². The molecule has 0 atom stereocenters. The molecule has 12 heteroatoms. The molecule has 0 bridgehead atoms. The molecule has 0 N–H and O–H groups in total. The predicted octanol–water partition coefficient (Wildman–Crippen LogP) is -3.54. The monoisotopic (exact) mass is 351 g/mol. The van der Waals surface area contributed by atoms with E-state index in [9.17, 15) is 0 Å². The normalized spacial score (nSPS) is 2.35. The minimum atomic E-state index is 0. The van der Waals surface area contributed by atoms with Crippen LogP contribution >= 0.6 is 0 Å². The van der Waals surface area contributed by atoms with Gasteiger partial charge in [0.25, 0.3) is 0 Å². The maximum Gasteiger partial charge on any atom is 4.00 e. The van der Waals surface area contributed by atoms with Crippen molar-refractivity contribution in [2.75, 3.05) is 0 Å². The van der Waals surface area contributed by atoms with E-state index in [2.05, 4.69) is 0 Å². The first-order chi connectivity index (χ1) is 7.07. The van der Waals surface area contributed by atoms with E-state index in [1.54, 1.807) is 0 Å². The zero-order chi connectivity index (χ0) is 13.5. The molecular formula is C5KN5O5Ru. The number of rotatable bonds is 0. The van der Waals surface area contributed by atoms with E-state index in [1.165, 1.54) is 0 Å². The molecule has 0 heterocycles. The van der Waals surface area contributed by atoms with Crippen molar-refractivity contribution in [2.24, 2.45) is 0 Å². The molecule has 0 aliphatic heterocycles.